The van der Waals surface area contributed by atoms with Crippen molar-refractivity contribution in [2.45, 2.75) is 51.4 Å². The molecule has 2 aliphatic rings. The first-order valence-electron chi connectivity index (χ1n) is 6.00. The molecule has 1 unspecified atom stereocenters. The summed E-state index contributed by atoms with van der Waals surface area (Å²) in [5.74, 6) is 0.663. The molecule has 80 valence electrons. The highest BCUT2D eigenvalue weighted by Crippen LogP contribution is 2.39. The molecule has 14 heavy (non-hydrogen) atoms. The van der Waals surface area contributed by atoms with E-state index in [1.54, 1.807) is 0 Å². The molecule has 2 saturated carbocycles. The number of hydrogen-bond donors (Lipinski definition) is 1. The largest absolute Gasteiger partial charge is 0.481 e. The van der Waals surface area contributed by atoms with Crippen LogP contribution in [0.2, 0.25) is 0 Å². The maximum atomic E-state index is 11.2. The van der Waals surface area contributed by atoms with Crippen molar-refractivity contribution in [2.75, 3.05) is 0 Å². The Bertz CT molecular complexity index is 202. The molecule has 0 heterocycles. The molecule has 1 N–H and O–H groups in total. The molecule has 2 heteroatoms. The predicted octanol–water partition coefficient (Wildman–Crippen LogP) is 3.07. The molecular weight excluding hydrogens is 176 g/mol. The number of carbonyl (C=O) groups is 1. The highest BCUT2D eigenvalue weighted by atomic mass is 16.4. The fraction of sp³-hybridized carbons (Fsp3) is 0.917. The van der Waals surface area contributed by atoms with E-state index in [0.29, 0.717) is 5.92 Å². The van der Waals surface area contributed by atoms with Crippen molar-refractivity contribution in [3.05, 3.63) is 0 Å². The Morgan fingerprint density at radius 1 is 1.14 bits per heavy atom. The standard InChI is InChI=1S/C12H20O2/c13-12(14)11(8-9-4-3-5-9)10-6-1-2-7-10/h9-11H,1-8H2,(H,13,14). The summed E-state index contributed by atoms with van der Waals surface area (Å²) in [6.07, 6.45) is 9.64. The quantitative estimate of drug-likeness (QED) is 0.750. The van der Waals surface area contributed by atoms with Crippen LogP contribution in [0.5, 0.6) is 0 Å². The van der Waals surface area contributed by atoms with Crippen molar-refractivity contribution in [2.24, 2.45) is 17.8 Å². The molecule has 0 amide bonds. The lowest BCUT2D eigenvalue weighted by atomic mass is 9.75. The second-order valence-corrected chi connectivity index (χ2v) is 5.02. The SMILES string of the molecule is O=C(O)C(CC1CCC1)C1CCCC1. The topological polar surface area (TPSA) is 37.3 Å². The van der Waals surface area contributed by atoms with Gasteiger partial charge in [0.15, 0.2) is 0 Å². The molecule has 0 aromatic carbocycles. The lowest BCUT2D eigenvalue weighted by Crippen LogP contribution is -2.27. The summed E-state index contributed by atoms with van der Waals surface area (Å²) in [4.78, 5) is 11.2. The van der Waals surface area contributed by atoms with Crippen molar-refractivity contribution >= 4 is 5.97 Å². The predicted molar refractivity (Wildman–Crippen MR) is 55.0 cm³/mol. The van der Waals surface area contributed by atoms with Crippen LogP contribution in [0.4, 0.5) is 0 Å². The van der Waals surface area contributed by atoms with E-state index in [1.807, 2.05) is 0 Å². The van der Waals surface area contributed by atoms with Gasteiger partial charge in [-0.3, -0.25) is 4.79 Å². The summed E-state index contributed by atoms with van der Waals surface area (Å²) in [5, 5.41) is 9.20. The van der Waals surface area contributed by atoms with Crippen LogP contribution in [-0.2, 0) is 4.79 Å². The van der Waals surface area contributed by atoms with Crippen molar-refractivity contribution in [3.63, 3.8) is 0 Å². The van der Waals surface area contributed by atoms with Crippen LogP contribution in [0.3, 0.4) is 0 Å². The third kappa shape index (κ3) is 2.10. The van der Waals surface area contributed by atoms with Crippen molar-refractivity contribution in [3.8, 4) is 0 Å². The fourth-order valence-corrected chi connectivity index (χ4v) is 2.94. The molecule has 0 aromatic rings. The van der Waals surface area contributed by atoms with E-state index in [9.17, 15) is 9.90 Å². The van der Waals surface area contributed by atoms with Gasteiger partial charge in [-0.15, -0.1) is 0 Å². The Kier molecular flexibility index (Phi) is 3.09. The minimum Gasteiger partial charge on any atom is -0.481 e. The van der Waals surface area contributed by atoms with E-state index in [0.717, 1.165) is 25.2 Å². The smallest absolute Gasteiger partial charge is 0.306 e. The molecule has 0 aromatic heterocycles. The second-order valence-electron chi connectivity index (χ2n) is 5.02. The van der Waals surface area contributed by atoms with E-state index in [4.69, 9.17) is 0 Å². The summed E-state index contributed by atoms with van der Waals surface area (Å²) in [6, 6.07) is 0. The van der Waals surface area contributed by atoms with Gasteiger partial charge in [0.2, 0.25) is 0 Å². The van der Waals surface area contributed by atoms with Gasteiger partial charge in [-0.05, 0) is 31.1 Å². The average Bonchev–Trinajstić information content (AvgIpc) is 2.53. The molecule has 1 atom stereocenters. The lowest BCUT2D eigenvalue weighted by Gasteiger charge is -2.30. The first kappa shape index (κ1) is 10.0. The number of rotatable bonds is 4. The van der Waals surface area contributed by atoms with Crippen LogP contribution in [0, 0.1) is 17.8 Å². The molecule has 0 spiro atoms. The van der Waals surface area contributed by atoms with Gasteiger partial charge in [-0.1, -0.05) is 32.1 Å². The normalized spacial score (nSPS) is 26.0. The summed E-state index contributed by atoms with van der Waals surface area (Å²) in [5.41, 5.74) is 0. The van der Waals surface area contributed by atoms with Gasteiger partial charge < -0.3 is 5.11 Å². The van der Waals surface area contributed by atoms with E-state index in [2.05, 4.69) is 0 Å². The van der Waals surface area contributed by atoms with E-state index in [1.165, 1.54) is 32.1 Å². The second kappa shape index (κ2) is 4.33. The zero-order chi connectivity index (χ0) is 9.97. The summed E-state index contributed by atoms with van der Waals surface area (Å²) >= 11 is 0. The van der Waals surface area contributed by atoms with Crippen LogP contribution in [-0.4, -0.2) is 11.1 Å². The lowest BCUT2D eigenvalue weighted by molar-refractivity contribution is -0.144. The van der Waals surface area contributed by atoms with Crippen LogP contribution in [0.25, 0.3) is 0 Å². The molecule has 0 bridgehead atoms. The fourth-order valence-electron chi connectivity index (χ4n) is 2.94. The van der Waals surface area contributed by atoms with Gasteiger partial charge in [0.25, 0.3) is 0 Å². The van der Waals surface area contributed by atoms with Crippen LogP contribution >= 0.6 is 0 Å². The zero-order valence-corrected chi connectivity index (χ0v) is 8.74. The number of hydrogen-bond acceptors (Lipinski definition) is 1. The van der Waals surface area contributed by atoms with Gasteiger partial charge in [-0.25, -0.2) is 0 Å². The molecule has 0 saturated heterocycles. The maximum absolute atomic E-state index is 11.2. The Hall–Kier alpha value is -0.530. The van der Waals surface area contributed by atoms with Gasteiger partial charge in [0.1, 0.15) is 0 Å². The Labute approximate surface area is 85.7 Å². The minimum atomic E-state index is -0.538. The van der Waals surface area contributed by atoms with Gasteiger partial charge >= 0.3 is 5.97 Å². The molecule has 0 radical (unpaired) electrons. The number of carboxylic acids is 1. The van der Waals surface area contributed by atoms with Gasteiger partial charge in [0.05, 0.1) is 5.92 Å². The molecule has 2 nitrogen and oxygen atoms in total. The Balaban J connectivity index is 1.88. The molecule has 0 aliphatic heterocycles. The Morgan fingerprint density at radius 3 is 2.21 bits per heavy atom. The van der Waals surface area contributed by atoms with Crippen molar-refractivity contribution < 1.29 is 9.90 Å². The van der Waals surface area contributed by atoms with Crippen LogP contribution in [0.15, 0.2) is 0 Å². The summed E-state index contributed by atoms with van der Waals surface area (Å²) in [6.45, 7) is 0. The summed E-state index contributed by atoms with van der Waals surface area (Å²) in [7, 11) is 0. The first-order valence-corrected chi connectivity index (χ1v) is 6.00. The third-order valence-corrected chi connectivity index (χ3v) is 4.10. The average molecular weight is 196 g/mol. The highest BCUT2D eigenvalue weighted by molar-refractivity contribution is 5.70. The monoisotopic (exact) mass is 196 g/mol. The third-order valence-electron chi connectivity index (χ3n) is 4.10. The molecule has 2 aliphatic carbocycles. The van der Waals surface area contributed by atoms with Crippen molar-refractivity contribution in [1.29, 1.82) is 0 Å². The number of aliphatic carboxylic acids is 1. The molecule has 2 rings (SSSR count). The highest BCUT2D eigenvalue weighted by Gasteiger charge is 2.33. The molecule has 2 fully saturated rings. The van der Waals surface area contributed by atoms with E-state index in [-0.39, 0.29) is 5.92 Å². The minimum absolute atomic E-state index is 0.0252. The van der Waals surface area contributed by atoms with Crippen LogP contribution in [0.1, 0.15) is 51.4 Å². The van der Waals surface area contributed by atoms with Gasteiger partial charge in [0, 0.05) is 0 Å². The zero-order valence-electron chi connectivity index (χ0n) is 8.74. The van der Waals surface area contributed by atoms with Crippen molar-refractivity contribution in [1.82, 2.24) is 0 Å². The number of carboxylic acid groups (broad SMARTS) is 1. The summed E-state index contributed by atoms with van der Waals surface area (Å²) < 4.78 is 0. The maximum Gasteiger partial charge on any atom is 0.306 e. The van der Waals surface area contributed by atoms with Crippen LogP contribution < -0.4 is 0 Å². The van der Waals surface area contributed by atoms with E-state index >= 15 is 0 Å². The Morgan fingerprint density at radius 2 is 1.79 bits per heavy atom. The first-order chi connectivity index (χ1) is 6.77. The van der Waals surface area contributed by atoms with E-state index < -0.39 is 5.97 Å². The van der Waals surface area contributed by atoms with Gasteiger partial charge in [-0.2, -0.15) is 0 Å². The molecular formula is C12H20O2.